The maximum atomic E-state index is 15.1. The Kier molecular flexibility index (Phi) is 4.86. The number of rotatable bonds is 3. The van der Waals surface area contributed by atoms with Crippen LogP contribution >= 0.6 is 11.6 Å². The molecule has 0 radical (unpaired) electrons. The summed E-state index contributed by atoms with van der Waals surface area (Å²) in [6.07, 6.45) is 3.24. The zero-order valence-corrected chi connectivity index (χ0v) is 17.6. The molecule has 3 aliphatic heterocycles. The lowest BCUT2D eigenvalue weighted by Gasteiger charge is -2.45. The molecule has 2 atom stereocenters. The van der Waals surface area contributed by atoms with E-state index in [-0.39, 0.29) is 16.5 Å². The van der Waals surface area contributed by atoms with E-state index in [9.17, 15) is 4.79 Å². The van der Waals surface area contributed by atoms with E-state index in [4.69, 9.17) is 17.3 Å². The van der Waals surface area contributed by atoms with Crippen molar-refractivity contribution in [2.45, 2.75) is 37.3 Å². The zero-order valence-electron chi connectivity index (χ0n) is 16.8. The fourth-order valence-electron chi connectivity index (χ4n) is 5.55. The number of piperidine rings is 1. The van der Waals surface area contributed by atoms with Crippen LogP contribution in [0.5, 0.6) is 0 Å². The highest BCUT2D eigenvalue weighted by atomic mass is 35.5. The van der Waals surface area contributed by atoms with E-state index < -0.39 is 11.9 Å². The average molecular weight is 429 g/mol. The smallest absolute Gasteiger partial charge is 0.240 e. The number of primary amides is 1. The van der Waals surface area contributed by atoms with Gasteiger partial charge in [-0.3, -0.25) is 4.79 Å². The van der Waals surface area contributed by atoms with Gasteiger partial charge in [0, 0.05) is 43.9 Å². The number of carbonyl (C=O) groups is 1. The van der Waals surface area contributed by atoms with E-state index in [2.05, 4.69) is 22.3 Å². The van der Waals surface area contributed by atoms with Crippen LogP contribution in [0.4, 0.5) is 15.8 Å². The first-order valence-electron chi connectivity index (χ1n) is 10.6. The van der Waals surface area contributed by atoms with Crippen molar-refractivity contribution in [3.8, 4) is 0 Å². The van der Waals surface area contributed by atoms with Gasteiger partial charge < -0.3 is 20.9 Å². The molecule has 0 aromatic heterocycles. The van der Waals surface area contributed by atoms with Gasteiger partial charge in [0.25, 0.3) is 0 Å². The summed E-state index contributed by atoms with van der Waals surface area (Å²) in [5.41, 5.74) is 9.17. The monoisotopic (exact) mass is 428 g/mol. The number of carbonyl (C=O) groups excluding carboxylic acids is 1. The average Bonchev–Trinajstić information content (AvgIpc) is 3.10. The first kappa shape index (κ1) is 19.6. The molecule has 3 N–H and O–H groups in total. The van der Waals surface area contributed by atoms with Crippen LogP contribution in [0.25, 0.3) is 0 Å². The third-order valence-electron chi connectivity index (χ3n) is 6.91. The third-order valence-corrected chi connectivity index (χ3v) is 7.27. The first-order chi connectivity index (χ1) is 14.5. The van der Waals surface area contributed by atoms with E-state index in [1.165, 1.54) is 5.56 Å². The Morgan fingerprint density at radius 3 is 2.80 bits per heavy atom. The van der Waals surface area contributed by atoms with E-state index >= 15 is 4.39 Å². The molecule has 158 valence electrons. The van der Waals surface area contributed by atoms with E-state index in [0.717, 1.165) is 43.7 Å². The Morgan fingerprint density at radius 2 is 2.03 bits per heavy atom. The minimum absolute atomic E-state index is 0.0953. The first-order valence-corrected chi connectivity index (χ1v) is 11.0. The molecule has 3 heterocycles. The van der Waals surface area contributed by atoms with Crippen molar-refractivity contribution in [1.29, 1.82) is 0 Å². The molecule has 5 rings (SSSR count). The molecule has 0 bridgehead atoms. The molecule has 0 saturated carbocycles. The van der Waals surface area contributed by atoms with Gasteiger partial charge in [0.05, 0.1) is 11.2 Å². The van der Waals surface area contributed by atoms with Gasteiger partial charge in [-0.1, -0.05) is 41.9 Å². The van der Waals surface area contributed by atoms with Gasteiger partial charge in [-0.05, 0) is 30.9 Å². The summed E-state index contributed by atoms with van der Waals surface area (Å²) in [5.74, 6) is -0.819. The number of piperazine rings is 1. The number of anilines is 2. The Labute approximate surface area is 181 Å². The molecule has 1 amide bonds. The molecule has 2 aromatic rings. The number of hydrogen-bond acceptors (Lipinski definition) is 4. The van der Waals surface area contributed by atoms with Gasteiger partial charge in [0.15, 0.2) is 0 Å². The number of amides is 1. The molecule has 2 fully saturated rings. The van der Waals surface area contributed by atoms with E-state index in [0.29, 0.717) is 25.1 Å². The molecule has 30 heavy (non-hydrogen) atoms. The zero-order chi connectivity index (χ0) is 20.9. The molecule has 0 unspecified atom stereocenters. The summed E-state index contributed by atoms with van der Waals surface area (Å²) in [7, 11) is 0. The van der Waals surface area contributed by atoms with Crippen molar-refractivity contribution >= 4 is 28.9 Å². The molecule has 3 aliphatic rings. The standard InChI is InChI=1S/C23H26ClFN4O/c24-20-17(25)12-19-16(21(20)28-10-5-4-8-18(28)22(26)30)13-23(14-27-9-11-29(19)23)15-6-2-1-3-7-15/h1-3,6-7,12,18,27H,4-5,8-11,13-14H2,(H2,26,30)/t18-,23+/m0/s1. The van der Waals surface area contributed by atoms with Gasteiger partial charge in [-0.25, -0.2) is 4.39 Å². The van der Waals surface area contributed by atoms with Crippen LogP contribution < -0.4 is 20.9 Å². The van der Waals surface area contributed by atoms with Crippen LogP contribution in [-0.4, -0.2) is 38.1 Å². The Hall–Kier alpha value is -2.31. The van der Waals surface area contributed by atoms with Gasteiger partial charge >= 0.3 is 0 Å². The summed E-state index contributed by atoms with van der Waals surface area (Å²) in [4.78, 5) is 16.5. The van der Waals surface area contributed by atoms with Crippen molar-refractivity contribution in [2.24, 2.45) is 5.73 Å². The summed E-state index contributed by atoms with van der Waals surface area (Å²) in [5, 5.41) is 3.62. The molecule has 0 aliphatic carbocycles. The molecule has 2 saturated heterocycles. The minimum Gasteiger partial charge on any atom is -0.368 e. The van der Waals surface area contributed by atoms with Crippen LogP contribution in [0.1, 0.15) is 30.4 Å². The van der Waals surface area contributed by atoms with Crippen molar-refractivity contribution in [2.75, 3.05) is 36.0 Å². The van der Waals surface area contributed by atoms with E-state index in [1.54, 1.807) is 6.07 Å². The van der Waals surface area contributed by atoms with E-state index in [1.807, 2.05) is 23.1 Å². The molecular weight excluding hydrogens is 403 g/mol. The second-order valence-electron chi connectivity index (χ2n) is 8.53. The quantitative estimate of drug-likeness (QED) is 0.788. The van der Waals surface area contributed by atoms with Crippen LogP contribution in [-0.2, 0) is 16.8 Å². The predicted molar refractivity (Wildman–Crippen MR) is 118 cm³/mol. The molecule has 7 heteroatoms. The SMILES string of the molecule is NC(=O)[C@@H]1CCCCN1c1c(Cl)c(F)cc2c1C[C@]1(c3ccccc3)CNCCN21. The third kappa shape index (κ3) is 2.88. The predicted octanol–water partition coefficient (Wildman–Crippen LogP) is 3.18. The van der Waals surface area contributed by atoms with Crippen molar-refractivity contribution in [1.82, 2.24) is 5.32 Å². The number of nitrogens with two attached hydrogens (primary N) is 1. The normalized spacial score (nSPS) is 25.7. The van der Waals surface area contributed by atoms with Crippen molar-refractivity contribution in [3.63, 3.8) is 0 Å². The number of halogens is 2. The maximum Gasteiger partial charge on any atom is 0.240 e. The fourth-order valence-corrected chi connectivity index (χ4v) is 5.83. The van der Waals surface area contributed by atoms with Crippen LogP contribution in [0.2, 0.25) is 5.02 Å². The maximum absolute atomic E-state index is 15.1. The number of nitrogens with one attached hydrogen (secondary N) is 1. The highest BCUT2D eigenvalue weighted by molar-refractivity contribution is 6.34. The van der Waals surface area contributed by atoms with Gasteiger partial charge in [0.2, 0.25) is 5.91 Å². The topological polar surface area (TPSA) is 61.6 Å². The lowest BCUT2D eigenvalue weighted by molar-refractivity contribution is -0.119. The molecule has 5 nitrogen and oxygen atoms in total. The molecule has 2 aromatic carbocycles. The Balaban J connectivity index is 1.69. The Morgan fingerprint density at radius 1 is 1.23 bits per heavy atom. The fraction of sp³-hybridized carbons (Fsp3) is 0.435. The summed E-state index contributed by atoms with van der Waals surface area (Å²) in [6, 6.07) is 11.5. The summed E-state index contributed by atoms with van der Waals surface area (Å²) >= 11 is 6.57. The lowest BCUT2D eigenvalue weighted by Crippen LogP contribution is -2.57. The minimum atomic E-state index is -0.453. The van der Waals surface area contributed by atoms with Crippen LogP contribution in [0.3, 0.4) is 0 Å². The van der Waals surface area contributed by atoms with Gasteiger partial charge in [-0.2, -0.15) is 0 Å². The largest absolute Gasteiger partial charge is 0.368 e. The summed E-state index contributed by atoms with van der Waals surface area (Å²) in [6.45, 7) is 3.03. The van der Waals surface area contributed by atoms with Crippen LogP contribution in [0.15, 0.2) is 36.4 Å². The highest BCUT2D eigenvalue weighted by Gasteiger charge is 2.49. The number of fused-ring (bicyclic) bond motifs is 3. The summed E-state index contributed by atoms with van der Waals surface area (Å²) < 4.78 is 15.1. The van der Waals surface area contributed by atoms with Crippen molar-refractivity contribution in [3.05, 3.63) is 58.4 Å². The second kappa shape index (κ2) is 7.43. The number of hydrogen-bond donors (Lipinski definition) is 2. The highest BCUT2D eigenvalue weighted by Crippen LogP contribution is 2.52. The Bertz CT molecular complexity index is 985. The van der Waals surface area contributed by atoms with Crippen molar-refractivity contribution < 1.29 is 9.18 Å². The number of nitrogens with zero attached hydrogens (tertiary/aromatic N) is 2. The van der Waals surface area contributed by atoms with Crippen LogP contribution in [0, 0.1) is 5.82 Å². The number of benzene rings is 2. The lowest BCUT2D eigenvalue weighted by atomic mass is 9.84. The molecular formula is C23H26ClFN4O. The second-order valence-corrected chi connectivity index (χ2v) is 8.91. The van der Waals surface area contributed by atoms with Gasteiger partial charge in [-0.15, -0.1) is 0 Å². The molecule has 0 spiro atoms. The van der Waals surface area contributed by atoms with Gasteiger partial charge in [0.1, 0.15) is 16.9 Å².